The van der Waals surface area contributed by atoms with Gasteiger partial charge in [0.2, 0.25) is 0 Å². The first kappa shape index (κ1) is 14.0. The van der Waals surface area contributed by atoms with Crippen LogP contribution in [-0.2, 0) is 0 Å². The van der Waals surface area contributed by atoms with Crippen LogP contribution in [0.5, 0.6) is 0 Å². The molecule has 0 amide bonds. The predicted molar refractivity (Wildman–Crippen MR) is 65.3 cm³/mol. The van der Waals surface area contributed by atoms with Crippen molar-refractivity contribution in [1.29, 1.82) is 0 Å². The van der Waals surface area contributed by atoms with E-state index in [2.05, 4.69) is 41.5 Å². The van der Waals surface area contributed by atoms with Crippen molar-refractivity contribution in [3.05, 3.63) is 0 Å². The summed E-state index contributed by atoms with van der Waals surface area (Å²) in [6.45, 7) is 13.6. The molecule has 0 aliphatic heterocycles. The van der Waals surface area contributed by atoms with Crippen LogP contribution < -0.4 is 5.73 Å². The van der Waals surface area contributed by atoms with Crippen LogP contribution in [0.1, 0.15) is 60.8 Å². The smallest absolute Gasteiger partial charge is 0.0161 e. The Balaban J connectivity index is 4.32. The third-order valence-electron chi connectivity index (χ3n) is 2.44. The summed E-state index contributed by atoms with van der Waals surface area (Å²) < 4.78 is 0. The molecule has 0 fully saturated rings. The fraction of sp³-hybridized carbons (Fsp3) is 1.00. The third-order valence-corrected chi connectivity index (χ3v) is 2.44. The van der Waals surface area contributed by atoms with E-state index >= 15 is 0 Å². The Kier molecular flexibility index (Phi) is 5.73. The summed E-state index contributed by atoms with van der Waals surface area (Å²) in [5, 5.41) is 0. The predicted octanol–water partition coefficient (Wildman–Crippen LogP) is 3.82. The number of hydrogen-bond acceptors (Lipinski definition) is 1. The van der Waals surface area contributed by atoms with Crippen LogP contribution in [0, 0.1) is 17.8 Å². The maximum Gasteiger partial charge on any atom is 0.0161 e. The van der Waals surface area contributed by atoms with Crippen molar-refractivity contribution >= 4 is 0 Å². The SMILES string of the molecule is CC(C)CC(N)(CC(C)C)CC(C)C. The molecular weight excluding hydrogens is 170 g/mol. The van der Waals surface area contributed by atoms with Gasteiger partial charge in [-0.25, -0.2) is 0 Å². The zero-order chi connectivity index (χ0) is 11.4. The molecule has 0 aromatic heterocycles. The summed E-state index contributed by atoms with van der Waals surface area (Å²) in [6.07, 6.45) is 3.47. The first-order valence-electron chi connectivity index (χ1n) is 6.04. The van der Waals surface area contributed by atoms with Gasteiger partial charge in [-0.05, 0) is 37.0 Å². The van der Waals surface area contributed by atoms with Crippen molar-refractivity contribution in [1.82, 2.24) is 0 Å². The summed E-state index contributed by atoms with van der Waals surface area (Å²) in [5.41, 5.74) is 6.57. The lowest BCUT2D eigenvalue weighted by atomic mass is 9.77. The summed E-state index contributed by atoms with van der Waals surface area (Å²) in [4.78, 5) is 0. The topological polar surface area (TPSA) is 26.0 Å². The quantitative estimate of drug-likeness (QED) is 0.691. The van der Waals surface area contributed by atoms with Gasteiger partial charge in [0.15, 0.2) is 0 Å². The lowest BCUT2D eigenvalue weighted by molar-refractivity contribution is 0.240. The van der Waals surface area contributed by atoms with Crippen LogP contribution >= 0.6 is 0 Å². The Bertz CT molecular complexity index is 121. The van der Waals surface area contributed by atoms with Crippen molar-refractivity contribution in [2.75, 3.05) is 0 Å². The molecule has 0 aromatic carbocycles. The average Bonchev–Trinajstić information content (AvgIpc) is 1.76. The minimum atomic E-state index is 0.0660. The third kappa shape index (κ3) is 6.42. The molecule has 0 bridgehead atoms. The molecule has 14 heavy (non-hydrogen) atoms. The lowest BCUT2D eigenvalue weighted by Gasteiger charge is -2.34. The molecule has 0 saturated heterocycles. The van der Waals surface area contributed by atoms with Crippen molar-refractivity contribution < 1.29 is 0 Å². The van der Waals surface area contributed by atoms with Crippen LogP contribution in [0.4, 0.5) is 0 Å². The largest absolute Gasteiger partial charge is 0.325 e. The average molecular weight is 199 g/mol. The molecule has 0 atom stereocenters. The highest BCUT2D eigenvalue weighted by atomic mass is 14.7. The Hall–Kier alpha value is -0.0400. The van der Waals surface area contributed by atoms with E-state index in [0.29, 0.717) is 17.8 Å². The van der Waals surface area contributed by atoms with E-state index in [1.165, 1.54) is 0 Å². The van der Waals surface area contributed by atoms with Crippen molar-refractivity contribution in [2.45, 2.75) is 66.3 Å². The van der Waals surface area contributed by atoms with E-state index in [9.17, 15) is 0 Å². The summed E-state index contributed by atoms with van der Waals surface area (Å²) in [7, 11) is 0. The van der Waals surface area contributed by atoms with Gasteiger partial charge in [0.1, 0.15) is 0 Å². The second-order valence-corrected chi connectivity index (χ2v) is 6.16. The van der Waals surface area contributed by atoms with Gasteiger partial charge in [-0.2, -0.15) is 0 Å². The molecule has 0 saturated carbocycles. The first-order chi connectivity index (χ1) is 6.25. The number of rotatable bonds is 6. The van der Waals surface area contributed by atoms with E-state index < -0.39 is 0 Å². The molecule has 2 N–H and O–H groups in total. The monoisotopic (exact) mass is 199 g/mol. The minimum Gasteiger partial charge on any atom is -0.325 e. The van der Waals surface area contributed by atoms with Gasteiger partial charge in [-0.15, -0.1) is 0 Å². The van der Waals surface area contributed by atoms with Crippen LogP contribution in [-0.4, -0.2) is 5.54 Å². The Labute approximate surface area is 90.5 Å². The van der Waals surface area contributed by atoms with Crippen LogP contribution in [0.2, 0.25) is 0 Å². The van der Waals surface area contributed by atoms with Crippen molar-refractivity contribution in [2.24, 2.45) is 23.5 Å². The van der Waals surface area contributed by atoms with Gasteiger partial charge in [0, 0.05) is 5.54 Å². The second-order valence-electron chi connectivity index (χ2n) is 6.16. The summed E-state index contributed by atoms with van der Waals surface area (Å²) in [5.74, 6) is 2.12. The van der Waals surface area contributed by atoms with Gasteiger partial charge in [0.25, 0.3) is 0 Å². The first-order valence-corrected chi connectivity index (χ1v) is 6.04. The summed E-state index contributed by atoms with van der Waals surface area (Å²) in [6, 6.07) is 0. The van der Waals surface area contributed by atoms with Gasteiger partial charge < -0.3 is 5.73 Å². The Morgan fingerprint density at radius 1 is 0.714 bits per heavy atom. The van der Waals surface area contributed by atoms with E-state index in [4.69, 9.17) is 5.73 Å². The molecule has 1 nitrogen and oxygen atoms in total. The molecule has 0 heterocycles. The van der Waals surface area contributed by atoms with E-state index in [1.807, 2.05) is 0 Å². The fourth-order valence-corrected chi connectivity index (χ4v) is 2.69. The van der Waals surface area contributed by atoms with Crippen LogP contribution in [0.15, 0.2) is 0 Å². The van der Waals surface area contributed by atoms with Crippen LogP contribution in [0.25, 0.3) is 0 Å². The normalized spacial score (nSPS) is 13.3. The molecule has 0 spiro atoms. The van der Waals surface area contributed by atoms with E-state index in [0.717, 1.165) is 19.3 Å². The highest BCUT2D eigenvalue weighted by Crippen LogP contribution is 2.28. The molecule has 1 heteroatoms. The molecule has 0 aliphatic carbocycles. The van der Waals surface area contributed by atoms with E-state index in [1.54, 1.807) is 0 Å². The molecule has 86 valence electrons. The van der Waals surface area contributed by atoms with Crippen molar-refractivity contribution in [3.8, 4) is 0 Å². The highest BCUT2D eigenvalue weighted by molar-refractivity contribution is 4.87. The number of nitrogens with two attached hydrogens (primary N) is 1. The zero-order valence-electron chi connectivity index (χ0n) is 10.9. The lowest BCUT2D eigenvalue weighted by Crippen LogP contribution is -2.43. The van der Waals surface area contributed by atoms with Gasteiger partial charge in [-0.1, -0.05) is 41.5 Å². The molecule has 0 aromatic rings. The second kappa shape index (κ2) is 5.75. The van der Waals surface area contributed by atoms with Gasteiger partial charge >= 0.3 is 0 Å². The maximum atomic E-state index is 6.50. The Morgan fingerprint density at radius 3 is 1.07 bits per heavy atom. The summed E-state index contributed by atoms with van der Waals surface area (Å²) >= 11 is 0. The molecule has 0 radical (unpaired) electrons. The number of hydrogen-bond donors (Lipinski definition) is 1. The molecule has 0 unspecified atom stereocenters. The zero-order valence-corrected chi connectivity index (χ0v) is 10.9. The van der Waals surface area contributed by atoms with Gasteiger partial charge in [0.05, 0.1) is 0 Å². The standard InChI is InChI=1S/C13H29N/c1-10(2)7-13(14,8-11(3)4)9-12(5)6/h10-12H,7-9,14H2,1-6H3. The minimum absolute atomic E-state index is 0.0660. The molecular formula is C13H29N. The molecule has 0 aliphatic rings. The fourth-order valence-electron chi connectivity index (χ4n) is 2.69. The maximum absolute atomic E-state index is 6.50. The van der Waals surface area contributed by atoms with E-state index in [-0.39, 0.29) is 5.54 Å². The Morgan fingerprint density at radius 2 is 0.929 bits per heavy atom. The van der Waals surface area contributed by atoms with Crippen LogP contribution in [0.3, 0.4) is 0 Å². The van der Waals surface area contributed by atoms with Gasteiger partial charge in [-0.3, -0.25) is 0 Å². The van der Waals surface area contributed by atoms with Crippen molar-refractivity contribution in [3.63, 3.8) is 0 Å². The molecule has 0 rings (SSSR count). The highest BCUT2D eigenvalue weighted by Gasteiger charge is 2.27.